The maximum absolute atomic E-state index is 12.0. The van der Waals surface area contributed by atoms with Crippen molar-refractivity contribution in [2.75, 3.05) is 18.4 Å². The lowest BCUT2D eigenvalue weighted by atomic mass is 10.1. The van der Waals surface area contributed by atoms with Gasteiger partial charge in [-0.2, -0.15) is 0 Å². The SMILES string of the molecule is O=C1SC(=Nc2ccc(CCNc3nc4ccc(Cl)cc4s3)cc2)N2CCC[C@@H]12. The van der Waals surface area contributed by atoms with E-state index in [0.717, 1.165) is 63.6 Å². The molecule has 0 spiro atoms. The number of fused-ring (bicyclic) bond motifs is 2. The van der Waals surface area contributed by atoms with E-state index >= 15 is 0 Å². The number of rotatable bonds is 5. The summed E-state index contributed by atoms with van der Waals surface area (Å²) in [5.74, 6) is 0. The second-order valence-corrected chi connectivity index (χ2v) is 9.58. The van der Waals surface area contributed by atoms with Gasteiger partial charge >= 0.3 is 0 Å². The van der Waals surface area contributed by atoms with Crippen molar-refractivity contribution in [2.24, 2.45) is 4.99 Å². The van der Waals surface area contributed by atoms with Crippen molar-refractivity contribution in [3.63, 3.8) is 0 Å². The van der Waals surface area contributed by atoms with Gasteiger partial charge in [0.1, 0.15) is 6.04 Å². The Bertz CT molecular complexity index is 1100. The summed E-state index contributed by atoms with van der Waals surface area (Å²) in [6.45, 7) is 1.74. The molecule has 8 heteroatoms. The highest BCUT2D eigenvalue weighted by atomic mass is 35.5. The summed E-state index contributed by atoms with van der Waals surface area (Å²) in [4.78, 5) is 23.5. The van der Waals surface area contributed by atoms with Crippen LogP contribution in [-0.2, 0) is 11.2 Å². The number of carbonyl (C=O) groups excluding carboxylic acids is 1. The summed E-state index contributed by atoms with van der Waals surface area (Å²) < 4.78 is 1.09. The van der Waals surface area contributed by atoms with E-state index in [-0.39, 0.29) is 11.2 Å². The molecular weight excluding hydrogens is 424 g/mol. The second kappa shape index (κ2) is 7.97. The molecule has 0 aliphatic carbocycles. The molecule has 2 aromatic carbocycles. The zero-order chi connectivity index (χ0) is 19.8. The van der Waals surface area contributed by atoms with Gasteiger partial charge in [-0.15, -0.1) is 0 Å². The Labute approximate surface area is 182 Å². The molecule has 29 heavy (non-hydrogen) atoms. The third-order valence-electron chi connectivity index (χ3n) is 5.16. The number of hydrogen-bond donors (Lipinski definition) is 1. The summed E-state index contributed by atoms with van der Waals surface area (Å²) >= 11 is 8.94. The van der Waals surface area contributed by atoms with Crippen molar-refractivity contribution in [1.29, 1.82) is 0 Å². The maximum atomic E-state index is 12.0. The number of hydrogen-bond acceptors (Lipinski definition) is 6. The first-order chi connectivity index (χ1) is 14.2. The number of aliphatic imine (C=N–C) groups is 1. The normalized spacial score (nSPS) is 20.0. The average Bonchev–Trinajstić information content (AvgIpc) is 3.41. The molecule has 1 N–H and O–H groups in total. The lowest BCUT2D eigenvalue weighted by molar-refractivity contribution is -0.113. The molecule has 0 radical (unpaired) electrons. The quantitative estimate of drug-likeness (QED) is 0.578. The number of nitrogens with zero attached hydrogens (tertiary/aromatic N) is 3. The van der Waals surface area contributed by atoms with Crippen LogP contribution in [0.15, 0.2) is 47.5 Å². The van der Waals surface area contributed by atoms with Crippen LogP contribution in [0, 0.1) is 0 Å². The number of amidine groups is 1. The van der Waals surface area contributed by atoms with Gasteiger partial charge in [-0.3, -0.25) is 4.79 Å². The monoisotopic (exact) mass is 442 g/mol. The van der Waals surface area contributed by atoms with Crippen molar-refractivity contribution in [1.82, 2.24) is 9.88 Å². The molecule has 1 aromatic heterocycles. The standard InChI is InChI=1S/C21H19ClN4OS2/c22-14-5-8-16-18(12-14)28-20(25-16)23-10-9-13-3-6-15(7-4-13)24-21-26-11-1-2-17(26)19(27)29-21/h3-8,12,17H,1-2,9-11H2,(H,23,25)/t17-/m0/s1. The van der Waals surface area contributed by atoms with Gasteiger partial charge in [0.2, 0.25) is 5.12 Å². The third kappa shape index (κ3) is 3.99. The molecule has 2 aliphatic rings. The fraction of sp³-hybridized carbons (Fsp3) is 0.286. The highest BCUT2D eigenvalue weighted by Crippen LogP contribution is 2.34. The Balaban J connectivity index is 1.19. The molecule has 0 saturated carbocycles. The van der Waals surface area contributed by atoms with E-state index in [4.69, 9.17) is 16.6 Å². The van der Waals surface area contributed by atoms with Gasteiger partial charge in [0.25, 0.3) is 0 Å². The van der Waals surface area contributed by atoms with Crippen LogP contribution < -0.4 is 5.32 Å². The first-order valence-electron chi connectivity index (χ1n) is 9.62. The van der Waals surface area contributed by atoms with E-state index in [0.29, 0.717) is 0 Å². The number of carbonyl (C=O) groups is 1. The van der Waals surface area contributed by atoms with Gasteiger partial charge in [-0.1, -0.05) is 35.1 Å². The molecule has 148 valence electrons. The van der Waals surface area contributed by atoms with E-state index in [2.05, 4.69) is 27.3 Å². The van der Waals surface area contributed by atoms with Crippen molar-refractivity contribution >= 4 is 66.0 Å². The maximum Gasteiger partial charge on any atom is 0.219 e. The van der Waals surface area contributed by atoms with Gasteiger partial charge in [-0.25, -0.2) is 9.98 Å². The Morgan fingerprint density at radius 2 is 2.10 bits per heavy atom. The Hall–Kier alpha value is -2.09. The summed E-state index contributed by atoms with van der Waals surface area (Å²) in [5.41, 5.74) is 3.10. The van der Waals surface area contributed by atoms with E-state index < -0.39 is 0 Å². The van der Waals surface area contributed by atoms with E-state index in [1.807, 2.05) is 30.3 Å². The smallest absolute Gasteiger partial charge is 0.219 e. The van der Waals surface area contributed by atoms with Crippen LogP contribution >= 0.6 is 34.7 Å². The largest absolute Gasteiger partial charge is 0.361 e. The zero-order valence-corrected chi connectivity index (χ0v) is 18.0. The second-order valence-electron chi connectivity index (χ2n) is 7.14. The van der Waals surface area contributed by atoms with Crippen molar-refractivity contribution in [3.8, 4) is 0 Å². The topological polar surface area (TPSA) is 57.6 Å². The Kier molecular flexibility index (Phi) is 5.20. The molecule has 3 heterocycles. The highest BCUT2D eigenvalue weighted by Gasteiger charge is 2.40. The van der Waals surface area contributed by atoms with E-state index in [9.17, 15) is 4.79 Å². The number of aromatic nitrogens is 1. The average molecular weight is 443 g/mol. The summed E-state index contributed by atoms with van der Waals surface area (Å²) in [5, 5.41) is 6.13. The highest BCUT2D eigenvalue weighted by molar-refractivity contribution is 8.26. The van der Waals surface area contributed by atoms with E-state index in [1.165, 1.54) is 17.3 Å². The number of benzene rings is 2. The minimum Gasteiger partial charge on any atom is -0.361 e. The molecule has 0 unspecified atom stereocenters. The lowest BCUT2D eigenvalue weighted by Gasteiger charge is -2.14. The molecule has 2 aliphatic heterocycles. The fourth-order valence-corrected chi connectivity index (χ4v) is 5.90. The molecule has 5 nitrogen and oxygen atoms in total. The Morgan fingerprint density at radius 3 is 2.97 bits per heavy atom. The number of thioether (sulfide) groups is 1. The molecule has 0 bridgehead atoms. The molecule has 3 aromatic rings. The molecule has 5 rings (SSSR count). The number of anilines is 1. The predicted octanol–water partition coefficient (Wildman–Crippen LogP) is 5.33. The fourth-order valence-electron chi connectivity index (χ4n) is 3.68. The first kappa shape index (κ1) is 18.9. The van der Waals surface area contributed by atoms with Gasteiger partial charge in [-0.05, 0) is 66.9 Å². The minimum atomic E-state index is 0.0441. The summed E-state index contributed by atoms with van der Waals surface area (Å²) in [6.07, 6.45) is 2.93. The van der Waals surface area contributed by atoms with Gasteiger partial charge < -0.3 is 10.2 Å². The van der Waals surface area contributed by atoms with Gasteiger partial charge in [0.15, 0.2) is 10.3 Å². The van der Waals surface area contributed by atoms with Crippen LogP contribution in [0.4, 0.5) is 10.8 Å². The van der Waals surface area contributed by atoms with Crippen LogP contribution in [-0.4, -0.2) is 39.3 Å². The van der Waals surface area contributed by atoms with Crippen molar-refractivity contribution < 1.29 is 4.79 Å². The third-order valence-corrected chi connectivity index (χ3v) is 7.36. The lowest BCUT2D eigenvalue weighted by Crippen LogP contribution is -2.28. The summed E-state index contributed by atoms with van der Waals surface area (Å²) in [7, 11) is 0. The molecule has 0 amide bonds. The predicted molar refractivity (Wildman–Crippen MR) is 123 cm³/mol. The van der Waals surface area contributed by atoms with Gasteiger partial charge in [0.05, 0.1) is 15.9 Å². The van der Waals surface area contributed by atoms with E-state index in [1.54, 1.807) is 11.3 Å². The minimum absolute atomic E-state index is 0.0441. The zero-order valence-electron chi connectivity index (χ0n) is 15.6. The number of halogens is 1. The van der Waals surface area contributed by atoms with Crippen molar-refractivity contribution in [3.05, 3.63) is 53.1 Å². The van der Waals surface area contributed by atoms with Crippen LogP contribution in [0.2, 0.25) is 5.02 Å². The molecular formula is C21H19ClN4OS2. The number of nitrogens with one attached hydrogen (secondary N) is 1. The number of thiazole rings is 1. The molecule has 2 saturated heterocycles. The Morgan fingerprint density at radius 1 is 1.24 bits per heavy atom. The first-order valence-corrected chi connectivity index (χ1v) is 11.6. The molecule has 2 fully saturated rings. The van der Waals surface area contributed by atoms with Crippen LogP contribution in [0.25, 0.3) is 10.2 Å². The van der Waals surface area contributed by atoms with Crippen molar-refractivity contribution in [2.45, 2.75) is 25.3 Å². The van der Waals surface area contributed by atoms with Crippen LogP contribution in [0.5, 0.6) is 0 Å². The summed E-state index contributed by atoms with van der Waals surface area (Å²) in [6, 6.07) is 14.0. The van der Waals surface area contributed by atoms with Crippen LogP contribution in [0.3, 0.4) is 0 Å². The molecule has 1 atom stereocenters. The van der Waals surface area contributed by atoms with Crippen LogP contribution in [0.1, 0.15) is 18.4 Å². The van der Waals surface area contributed by atoms with Gasteiger partial charge in [0, 0.05) is 18.1 Å².